The summed E-state index contributed by atoms with van der Waals surface area (Å²) in [6, 6.07) is 0. The molecule has 1 atom stereocenters. The largest absolute Gasteiger partial charge is 0.384 e. The van der Waals surface area contributed by atoms with Gasteiger partial charge in [0.2, 0.25) is 0 Å². The van der Waals surface area contributed by atoms with Crippen molar-refractivity contribution in [3.8, 4) is 0 Å². The number of hydrogen-bond donors (Lipinski definition) is 1. The Kier molecular flexibility index (Phi) is 4.30. The van der Waals surface area contributed by atoms with Gasteiger partial charge in [-0.25, -0.2) is 0 Å². The minimum Gasteiger partial charge on any atom is -0.384 e. The highest BCUT2D eigenvalue weighted by atomic mass is 16.3. The highest BCUT2D eigenvalue weighted by Gasteiger charge is 2.01. The summed E-state index contributed by atoms with van der Waals surface area (Å²) in [4.78, 5) is 0. The van der Waals surface area contributed by atoms with Gasteiger partial charge in [-0.15, -0.1) is 18.9 Å². The van der Waals surface area contributed by atoms with Gasteiger partial charge < -0.3 is 5.11 Å². The highest BCUT2D eigenvalue weighted by Crippen LogP contribution is 2.06. The van der Waals surface area contributed by atoms with Crippen LogP contribution in [0, 0.1) is 0 Å². The van der Waals surface area contributed by atoms with Crippen LogP contribution in [-0.2, 0) is 0 Å². The van der Waals surface area contributed by atoms with Crippen LogP contribution in [0.15, 0.2) is 43.2 Å². The fraction of sp³-hybridized carbons (Fsp3) is 0.222. The van der Waals surface area contributed by atoms with E-state index in [1.165, 1.54) is 6.08 Å². The lowest BCUT2D eigenvalue weighted by atomic mass is 10.1. The Balaban J connectivity index is 4.21. The smallest absolute Gasteiger partial charge is 0.101 e. The van der Waals surface area contributed by atoms with Crippen molar-refractivity contribution in [2.75, 3.05) is 0 Å². The first-order valence-corrected chi connectivity index (χ1v) is 3.06. The predicted molar refractivity (Wildman–Crippen MR) is 43.7 cm³/mol. The predicted octanol–water partition coefficient (Wildman–Crippen LogP) is 1.82. The van der Waals surface area contributed by atoms with Crippen LogP contribution < -0.4 is 0 Å². The molecule has 0 rings (SSSR count). The van der Waals surface area contributed by atoms with Crippen LogP contribution in [0.25, 0.3) is 0 Å². The number of rotatable bonds is 4. The minimum atomic E-state index is -0.629. The second-order valence-electron chi connectivity index (χ2n) is 1.88. The Labute approximate surface area is 61.7 Å². The molecule has 0 radical (unpaired) electrons. The van der Waals surface area contributed by atoms with Crippen molar-refractivity contribution in [1.29, 1.82) is 0 Å². The van der Waals surface area contributed by atoms with E-state index >= 15 is 0 Å². The Bertz CT molecular complexity index is 173. The van der Waals surface area contributed by atoms with E-state index in [9.17, 15) is 0 Å². The molecule has 0 aliphatic heterocycles. The van der Waals surface area contributed by atoms with Crippen LogP contribution in [0.1, 0.15) is 6.42 Å². The zero-order chi connectivity index (χ0) is 7.98. The Morgan fingerprint density at radius 3 is 2.50 bits per heavy atom. The van der Waals surface area contributed by atoms with Gasteiger partial charge in [0.1, 0.15) is 6.10 Å². The molecular weight excluding hydrogens is 124 g/mol. The summed E-state index contributed by atoms with van der Waals surface area (Å²) >= 11 is 0. The van der Waals surface area contributed by atoms with Gasteiger partial charge >= 0.3 is 0 Å². The molecule has 0 fully saturated rings. The molecule has 0 aromatic rings. The molecule has 0 saturated carbocycles. The van der Waals surface area contributed by atoms with E-state index in [2.05, 4.69) is 25.5 Å². The average Bonchev–Trinajstić information content (AvgIpc) is 1.99. The van der Waals surface area contributed by atoms with Crippen LogP contribution in [0.2, 0.25) is 0 Å². The summed E-state index contributed by atoms with van der Waals surface area (Å²) in [6.07, 6.45) is 3.11. The fourth-order valence-electron chi connectivity index (χ4n) is 0.595. The van der Waals surface area contributed by atoms with Gasteiger partial charge in [-0.05, 0) is 6.42 Å². The molecule has 0 unspecified atom stereocenters. The van der Waals surface area contributed by atoms with Gasteiger partial charge in [-0.1, -0.05) is 18.7 Å². The van der Waals surface area contributed by atoms with Gasteiger partial charge in [-0.3, -0.25) is 0 Å². The average molecular weight is 136 g/mol. The van der Waals surface area contributed by atoms with E-state index in [4.69, 9.17) is 5.11 Å². The van der Waals surface area contributed by atoms with Crippen LogP contribution in [0.5, 0.6) is 0 Å². The molecule has 0 aromatic heterocycles. The van der Waals surface area contributed by atoms with Crippen molar-refractivity contribution in [2.24, 2.45) is 0 Å². The molecule has 54 valence electrons. The van der Waals surface area contributed by atoms with Crippen LogP contribution in [-0.4, -0.2) is 11.2 Å². The van der Waals surface area contributed by atoms with Gasteiger partial charge in [0.15, 0.2) is 0 Å². The van der Waals surface area contributed by atoms with E-state index in [0.717, 1.165) is 0 Å². The van der Waals surface area contributed by atoms with E-state index < -0.39 is 6.10 Å². The second-order valence-corrected chi connectivity index (χ2v) is 1.88. The Morgan fingerprint density at radius 2 is 2.20 bits per heavy atom. The van der Waals surface area contributed by atoms with Crippen molar-refractivity contribution in [3.63, 3.8) is 0 Å². The Hall–Kier alpha value is -1.04. The molecule has 0 heterocycles. The van der Waals surface area contributed by atoms with Crippen LogP contribution in [0.4, 0.5) is 0 Å². The van der Waals surface area contributed by atoms with E-state index in [1.807, 2.05) is 0 Å². The topological polar surface area (TPSA) is 20.2 Å². The third-order valence-electron chi connectivity index (χ3n) is 1.17. The Morgan fingerprint density at radius 1 is 1.60 bits per heavy atom. The molecule has 0 saturated heterocycles. The van der Waals surface area contributed by atoms with E-state index in [1.54, 1.807) is 6.08 Å². The van der Waals surface area contributed by atoms with Crippen LogP contribution >= 0.6 is 0 Å². The van der Waals surface area contributed by atoms with Crippen molar-refractivity contribution in [2.45, 2.75) is 12.5 Å². The first-order valence-electron chi connectivity index (χ1n) is 3.06. The number of aliphatic hydroxyl groups is 1. The molecule has 1 N–H and O–H groups in total. The van der Waals surface area contributed by atoms with Crippen molar-refractivity contribution >= 4 is 0 Å². The molecule has 1 nitrogen and oxygen atoms in total. The number of allylic oxidation sites excluding steroid dienone is 1. The lowest BCUT2D eigenvalue weighted by Crippen LogP contribution is -2.03. The SMILES string of the molecule is C=C=C(CC=C)[C@H](O)C=C. The molecule has 1 heteroatoms. The number of aliphatic hydroxyl groups excluding tert-OH is 1. The normalized spacial score (nSPS) is 11.3. The van der Waals surface area contributed by atoms with E-state index in [-0.39, 0.29) is 0 Å². The third-order valence-corrected chi connectivity index (χ3v) is 1.17. The van der Waals surface area contributed by atoms with Gasteiger partial charge in [0.25, 0.3) is 0 Å². The molecule has 0 bridgehead atoms. The first-order chi connectivity index (χ1) is 4.76. The molecule has 10 heavy (non-hydrogen) atoms. The summed E-state index contributed by atoms with van der Waals surface area (Å²) in [5.74, 6) is 0. The minimum absolute atomic E-state index is 0.608. The van der Waals surface area contributed by atoms with E-state index in [0.29, 0.717) is 12.0 Å². The monoisotopic (exact) mass is 136 g/mol. The van der Waals surface area contributed by atoms with Gasteiger partial charge in [0, 0.05) is 5.57 Å². The lowest BCUT2D eigenvalue weighted by molar-refractivity contribution is 0.257. The molecule has 0 aliphatic rings. The van der Waals surface area contributed by atoms with Crippen molar-refractivity contribution in [1.82, 2.24) is 0 Å². The summed E-state index contributed by atoms with van der Waals surface area (Å²) in [6.45, 7) is 10.4. The standard InChI is InChI=1S/C9H12O/c1-4-7-8(5-2)9(10)6-3/h4,6,9-10H,1-3,7H2/t9-/m1/s1. The summed E-state index contributed by atoms with van der Waals surface area (Å²) in [5.41, 5.74) is 3.34. The zero-order valence-corrected chi connectivity index (χ0v) is 6.01. The molecule has 0 spiro atoms. The first kappa shape index (κ1) is 8.96. The molecule has 0 amide bonds. The summed E-state index contributed by atoms with van der Waals surface area (Å²) < 4.78 is 0. The third kappa shape index (κ3) is 2.49. The fourth-order valence-corrected chi connectivity index (χ4v) is 0.595. The number of hydrogen-bond acceptors (Lipinski definition) is 1. The van der Waals surface area contributed by atoms with Crippen LogP contribution in [0.3, 0.4) is 0 Å². The maximum atomic E-state index is 9.14. The van der Waals surface area contributed by atoms with Gasteiger partial charge in [-0.2, -0.15) is 0 Å². The molecule has 0 aliphatic carbocycles. The molecule has 0 aromatic carbocycles. The maximum absolute atomic E-state index is 9.14. The lowest BCUT2D eigenvalue weighted by Gasteiger charge is -2.04. The zero-order valence-electron chi connectivity index (χ0n) is 6.01. The molecular formula is C9H12O. The second kappa shape index (κ2) is 4.80. The van der Waals surface area contributed by atoms with Crippen molar-refractivity contribution in [3.05, 3.63) is 43.2 Å². The van der Waals surface area contributed by atoms with Crippen molar-refractivity contribution < 1.29 is 5.11 Å². The maximum Gasteiger partial charge on any atom is 0.101 e. The highest BCUT2D eigenvalue weighted by molar-refractivity contribution is 5.14. The quantitative estimate of drug-likeness (QED) is 0.461. The van der Waals surface area contributed by atoms with Gasteiger partial charge in [0.05, 0.1) is 0 Å². The summed E-state index contributed by atoms with van der Waals surface area (Å²) in [5, 5.41) is 9.14. The summed E-state index contributed by atoms with van der Waals surface area (Å²) in [7, 11) is 0.